The molecule has 1 aliphatic rings. The largest absolute Gasteiger partial charge is 0.480 e. The fraction of sp³-hybridized carbons (Fsp3) is 0.562. The number of carbonyl (C=O) groups is 1. The van der Waals surface area contributed by atoms with Gasteiger partial charge in [0, 0.05) is 19.1 Å². The average molecular weight is 355 g/mol. The number of rotatable bonds is 4. The maximum absolute atomic E-state index is 12.5. The molecule has 21 heavy (non-hydrogen) atoms. The van der Waals surface area contributed by atoms with Crippen LogP contribution in [0.4, 0.5) is 0 Å². The van der Waals surface area contributed by atoms with Gasteiger partial charge in [-0.25, -0.2) is 0 Å². The van der Waals surface area contributed by atoms with E-state index < -0.39 is 6.10 Å². The molecule has 116 valence electrons. The van der Waals surface area contributed by atoms with Crippen LogP contribution in [-0.4, -0.2) is 43.1 Å². The van der Waals surface area contributed by atoms with E-state index in [0.29, 0.717) is 11.8 Å². The van der Waals surface area contributed by atoms with Gasteiger partial charge < -0.3 is 15.0 Å². The molecule has 1 saturated heterocycles. The van der Waals surface area contributed by atoms with E-state index in [1.807, 2.05) is 44.0 Å². The Labute approximate surface area is 135 Å². The van der Waals surface area contributed by atoms with Crippen molar-refractivity contribution in [1.29, 1.82) is 0 Å². The van der Waals surface area contributed by atoms with E-state index >= 15 is 0 Å². The monoisotopic (exact) mass is 354 g/mol. The number of halogens is 1. The van der Waals surface area contributed by atoms with Crippen molar-refractivity contribution in [3.05, 3.63) is 28.2 Å². The summed E-state index contributed by atoms with van der Waals surface area (Å²) >= 11 is 3.48. The Morgan fingerprint density at radius 1 is 1.52 bits per heavy atom. The number of amides is 1. The fourth-order valence-electron chi connectivity index (χ4n) is 2.61. The quantitative estimate of drug-likeness (QED) is 0.903. The SMILES string of the molecule is CNC1CCCN(C(=O)C(C)Oc2ccc(C)cc2Br)C1. The van der Waals surface area contributed by atoms with E-state index in [2.05, 4.69) is 21.2 Å². The van der Waals surface area contributed by atoms with Gasteiger partial charge in [-0.15, -0.1) is 0 Å². The minimum absolute atomic E-state index is 0.0578. The lowest BCUT2D eigenvalue weighted by Gasteiger charge is -2.34. The maximum Gasteiger partial charge on any atom is 0.263 e. The predicted octanol–water partition coefficient (Wildman–Crippen LogP) is 2.74. The van der Waals surface area contributed by atoms with E-state index in [9.17, 15) is 4.79 Å². The lowest BCUT2D eigenvalue weighted by molar-refractivity contribution is -0.139. The summed E-state index contributed by atoms with van der Waals surface area (Å²) in [6, 6.07) is 6.26. The van der Waals surface area contributed by atoms with Gasteiger partial charge in [0.1, 0.15) is 5.75 Å². The van der Waals surface area contributed by atoms with Crippen LogP contribution in [0, 0.1) is 6.92 Å². The van der Waals surface area contributed by atoms with Crippen LogP contribution < -0.4 is 10.1 Å². The zero-order chi connectivity index (χ0) is 15.4. The number of likely N-dealkylation sites (tertiary alicyclic amines) is 1. The van der Waals surface area contributed by atoms with Crippen molar-refractivity contribution in [2.45, 2.75) is 38.8 Å². The summed E-state index contributed by atoms with van der Waals surface area (Å²) < 4.78 is 6.71. The molecule has 2 rings (SSSR count). The second-order valence-corrected chi connectivity index (χ2v) is 6.46. The molecule has 1 N–H and O–H groups in total. The maximum atomic E-state index is 12.5. The number of benzene rings is 1. The van der Waals surface area contributed by atoms with Gasteiger partial charge in [0.25, 0.3) is 5.91 Å². The third-order valence-electron chi connectivity index (χ3n) is 3.88. The van der Waals surface area contributed by atoms with E-state index in [0.717, 1.165) is 36.0 Å². The lowest BCUT2D eigenvalue weighted by Crippen LogP contribution is -2.50. The molecule has 0 radical (unpaired) electrons. The van der Waals surface area contributed by atoms with Gasteiger partial charge in [-0.2, -0.15) is 0 Å². The van der Waals surface area contributed by atoms with Crippen LogP contribution >= 0.6 is 15.9 Å². The molecule has 0 spiro atoms. The molecule has 0 bridgehead atoms. The van der Waals surface area contributed by atoms with Crippen molar-refractivity contribution < 1.29 is 9.53 Å². The topological polar surface area (TPSA) is 41.6 Å². The Kier molecular flexibility index (Phi) is 5.65. The van der Waals surface area contributed by atoms with Crippen molar-refractivity contribution in [1.82, 2.24) is 10.2 Å². The summed E-state index contributed by atoms with van der Waals surface area (Å²) in [7, 11) is 1.95. The first-order chi connectivity index (χ1) is 10.0. The van der Waals surface area contributed by atoms with Gasteiger partial charge >= 0.3 is 0 Å². The van der Waals surface area contributed by atoms with Gasteiger partial charge in [0.05, 0.1) is 4.47 Å². The molecule has 1 aromatic carbocycles. The molecule has 2 unspecified atom stereocenters. The minimum Gasteiger partial charge on any atom is -0.480 e. The first-order valence-corrected chi connectivity index (χ1v) is 8.19. The number of nitrogens with one attached hydrogen (secondary N) is 1. The second-order valence-electron chi connectivity index (χ2n) is 5.61. The fourth-order valence-corrected chi connectivity index (χ4v) is 3.20. The first kappa shape index (κ1) is 16.3. The van der Waals surface area contributed by atoms with Crippen molar-refractivity contribution in [2.75, 3.05) is 20.1 Å². The van der Waals surface area contributed by atoms with Crippen LogP contribution in [0.15, 0.2) is 22.7 Å². The molecule has 1 fully saturated rings. The molecule has 1 aliphatic heterocycles. The average Bonchev–Trinajstić information content (AvgIpc) is 2.49. The lowest BCUT2D eigenvalue weighted by atomic mass is 10.1. The molecule has 4 nitrogen and oxygen atoms in total. The Hall–Kier alpha value is -1.07. The number of hydrogen-bond acceptors (Lipinski definition) is 3. The zero-order valence-corrected chi connectivity index (χ0v) is 14.4. The molecule has 1 amide bonds. The zero-order valence-electron chi connectivity index (χ0n) is 12.9. The molecule has 5 heteroatoms. The van der Waals surface area contributed by atoms with Crippen molar-refractivity contribution in [2.24, 2.45) is 0 Å². The molecule has 0 aliphatic carbocycles. The summed E-state index contributed by atoms with van der Waals surface area (Å²) in [6.45, 7) is 5.42. The van der Waals surface area contributed by atoms with Crippen LogP contribution in [0.5, 0.6) is 5.75 Å². The molecule has 1 heterocycles. The summed E-state index contributed by atoms with van der Waals surface area (Å²) in [4.78, 5) is 14.4. The molecular formula is C16H23BrN2O2. The van der Waals surface area contributed by atoms with Gasteiger partial charge in [-0.1, -0.05) is 6.07 Å². The third kappa shape index (κ3) is 4.20. The van der Waals surface area contributed by atoms with E-state index in [1.165, 1.54) is 0 Å². The number of carbonyl (C=O) groups excluding carboxylic acids is 1. The number of piperidine rings is 1. The molecule has 0 aromatic heterocycles. The number of aryl methyl sites for hydroxylation is 1. The molecular weight excluding hydrogens is 332 g/mol. The van der Waals surface area contributed by atoms with Crippen LogP contribution in [-0.2, 0) is 4.79 Å². The van der Waals surface area contributed by atoms with Gasteiger partial charge in [0.2, 0.25) is 0 Å². The smallest absolute Gasteiger partial charge is 0.263 e. The number of hydrogen-bond donors (Lipinski definition) is 1. The van der Waals surface area contributed by atoms with Gasteiger partial charge in [-0.3, -0.25) is 4.79 Å². The first-order valence-electron chi connectivity index (χ1n) is 7.40. The highest BCUT2D eigenvalue weighted by Gasteiger charge is 2.27. The summed E-state index contributed by atoms with van der Waals surface area (Å²) in [5, 5.41) is 3.25. The standard InChI is InChI=1S/C16H23BrN2O2/c1-11-6-7-15(14(17)9-11)21-12(2)16(20)19-8-4-5-13(10-19)18-3/h6-7,9,12-13,18H,4-5,8,10H2,1-3H3. The highest BCUT2D eigenvalue weighted by atomic mass is 79.9. The Morgan fingerprint density at radius 2 is 2.29 bits per heavy atom. The Morgan fingerprint density at radius 3 is 2.95 bits per heavy atom. The van der Waals surface area contributed by atoms with E-state index in [1.54, 1.807) is 0 Å². The number of ether oxygens (including phenoxy) is 1. The van der Waals surface area contributed by atoms with Crippen LogP contribution in [0.25, 0.3) is 0 Å². The highest BCUT2D eigenvalue weighted by molar-refractivity contribution is 9.10. The normalized spacial score (nSPS) is 20.2. The summed E-state index contributed by atoms with van der Waals surface area (Å²) in [6.07, 6.45) is 1.69. The summed E-state index contributed by atoms with van der Waals surface area (Å²) in [5.74, 6) is 0.769. The van der Waals surface area contributed by atoms with Gasteiger partial charge in [0.15, 0.2) is 6.10 Å². The highest BCUT2D eigenvalue weighted by Crippen LogP contribution is 2.27. The van der Waals surface area contributed by atoms with E-state index in [-0.39, 0.29) is 5.91 Å². The molecule has 2 atom stereocenters. The Bertz CT molecular complexity index is 507. The van der Waals surface area contributed by atoms with Crippen molar-refractivity contribution in [3.63, 3.8) is 0 Å². The summed E-state index contributed by atoms with van der Waals surface area (Å²) in [5.41, 5.74) is 1.15. The number of nitrogens with zero attached hydrogens (tertiary/aromatic N) is 1. The predicted molar refractivity (Wildman–Crippen MR) is 87.6 cm³/mol. The minimum atomic E-state index is -0.473. The molecule has 1 aromatic rings. The second kappa shape index (κ2) is 7.27. The third-order valence-corrected chi connectivity index (χ3v) is 4.50. The van der Waals surface area contributed by atoms with Crippen LogP contribution in [0.2, 0.25) is 0 Å². The molecule has 0 saturated carbocycles. The van der Waals surface area contributed by atoms with E-state index in [4.69, 9.17) is 4.74 Å². The van der Waals surface area contributed by atoms with Gasteiger partial charge in [-0.05, 0) is 67.4 Å². The van der Waals surface area contributed by atoms with Crippen molar-refractivity contribution >= 4 is 21.8 Å². The Balaban J connectivity index is 1.99. The van der Waals surface area contributed by atoms with Crippen LogP contribution in [0.3, 0.4) is 0 Å². The van der Waals surface area contributed by atoms with Crippen molar-refractivity contribution in [3.8, 4) is 5.75 Å². The number of likely N-dealkylation sites (N-methyl/N-ethyl adjacent to an activating group) is 1. The van der Waals surface area contributed by atoms with Crippen LogP contribution in [0.1, 0.15) is 25.3 Å².